The van der Waals surface area contributed by atoms with Crippen molar-refractivity contribution < 1.29 is 9.84 Å². The lowest BCUT2D eigenvalue weighted by atomic mass is 10.1. The molecule has 0 unspecified atom stereocenters. The minimum absolute atomic E-state index is 0.150. The lowest BCUT2D eigenvalue weighted by molar-refractivity contribution is 0.299. The first-order chi connectivity index (χ1) is 9.86. The minimum Gasteiger partial charge on any atom is -0.438 e. The zero-order chi connectivity index (χ0) is 13.8. The van der Waals surface area contributed by atoms with Crippen molar-refractivity contribution in [3.8, 4) is 11.6 Å². The van der Waals surface area contributed by atoms with E-state index in [0.717, 1.165) is 22.2 Å². The molecule has 0 saturated heterocycles. The molecular weight excluding hydrogens is 252 g/mol. The second kappa shape index (κ2) is 5.67. The highest BCUT2D eigenvalue weighted by Gasteiger charge is 2.05. The van der Waals surface area contributed by atoms with Crippen molar-refractivity contribution >= 4 is 10.9 Å². The number of aliphatic hydroxyl groups is 1. The van der Waals surface area contributed by atoms with E-state index in [1.807, 2.05) is 48.5 Å². The smallest absolute Gasteiger partial charge is 0.230 e. The third kappa shape index (κ3) is 2.60. The Balaban J connectivity index is 1.89. The normalized spacial score (nSPS) is 10.7. The van der Waals surface area contributed by atoms with Gasteiger partial charge in [-0.05, 0) is 36.2 Å². The molecule has 0 radical (unpaired) electrons. The van der Waals surface area contributed by atoms with Gasteiger partial charge in [0.2, 0.25) is 5.88 Å². The van der Waals surface area contributed by atoms with Gasteiger partial charge < -0.3 is 9.84 Å². The molecule has 20 heavy (non-hydrogen) atoms. The minimum atomic E-state index is 0.150. The van der Waals surface area contributed by atoms with Gasteiger partial charge >= 0.3 is 0 Å². The van der Waals surface area contributed by atoms with E-state index in [1.54, 1.807) is 0 Å². The Labute approximate surface area is 116 Å². The highest BCUT2D eigenvalue weighted by atomic mass is 16.5. The number of rotatable bonds is 4. The summed E-state index contributed by atoms with van der Waals surface area (Å²) in [5, 5.41) is 9.78. The molecule has 3 rings (SSSR count). The molecule has 1 aromatic heterocycles. The highest BCUT2D eigenvalue weighted by Crippen LogP contribution is 2.26. The number of benzene rings is 2. The molecule has 4 heteroatoms. The van der Waals surface area contributed by atoms with Crippen LogP contribution < -0.4 is 4.74 Å². The number of aliphatic hydroxyl groups excluding tert-OH is 1. The fourth-order valence-electron chi connectivity index (χ4n) is 2.03. The summed E-state index contributed by atoms with van der Waals surface area (Å²) in [4.78, 5) is 8.39. The summed E-state index contributed by atoms with van der Waals surface area (Å²) in [5.41, 5.74) is 1.93. The van der Waals surface area contributed by atoms with Crippen molar-refractivity contribution in [1.29, 1.82) is 0 Å². The van der Waals surface area contributed by atoms with Crippen LogP contribution in [0.4, 0.5) is 0 Å². The van der Waals surface area contributed by atoms with Gasteiger partial charge in [0.15, 0.2) is 0 Å². The molecule has 0 saturated carbocycles. The molecule has 0 fully saturated rings. The van der Waals surface area contributed by atoms with Gasteiger partial charge in [0.1, 0.15) is 12.1 Å². The van der Waals surface area contributed by atoms with Gasteiger partial charge in [-0.3, -0.25) is 0 Å². The molecule has 2 aromatic carbocycles. The molecule has 0 aliphatic carbocycles. The summed E-state index contributed by atoms with van der Waals surface area (Å²) in [6.45, 7) is 0.150. The van der Waals surface area contributed by atoms with Gasteiger partial charge in [-0.1, -0.05) is 24.3 Å². The predicted molar refractivity (Wildman–Crippen MR) is 76.8 cm³/mol. The van der Waals surface area contributed by atoms with Crippen molar-refractivity contribution in [3.05, 3.63) is 60.4 Å². The maximum absolute atomic E-state index is 8.89. The zero-order valence-corrected chi connectivity index (χ0v) is 10.9. The third-order valence-electron chi connectivity index (χ3n) is 3.04. The van der Waals surface area contributed by atoms with Gasteiger partial charge in [0.25, 0.3) is 0 Å². The van der Waals surface area contributed by atoms with Crippen LogP contribution in [-0.4, -0.2) is 21.7 Å². The van der Waals surface area contributed by atoms with Crippen LogP contribution in [0.1, 0.15) is 5.56 Å². The summed E-state index contributed by atoms with van der Waals surface area (Å²) in [6, 6.07) is 15.4. The van der Waals surface area contributed by atoms with Crippen molar-refractivity contribution in [2.45, 2.75) is 6.42 Å². The first-order valence-electron chi connectivity index (χ1n) is 6.44. The van der Waals surface area contributed by atoms with Crippen molar-refractivity contribution in [1.82, 2.24) is 9.97 Å². The Bertz CT molecular complexity index is 706. The number of hydrogen-bond acceptors (Lipinski definition) is 4. The van der Waals surface area contributed by atoms with Crippen molar-refractivity contribution in [3.63, 3.8) is 0 Å². The quantitative estimate of drug-likeness (QED) is 0.788. The standard InChI is InChI=1S/C16H14N2O2/c19-10-9-12-5-7-13(8-6-12)20-16-14-3-1-2-4-15(14)17-11-18-16/h1-8,11,19H,9-10H2. The Hall–Kier alpha value is -2.46. The molecule has 3 aromatic rings. The average molecular weight is 266 g/mol. The van der Waals surface area contributed by atoms with E-state index in [-0.39, 0.29) is 6.61 Å². The van der Waals surface area contributed by atoms with Gasteiger partial charge in [0, 0.05) is 6.61 Å². The van der Waals surface area contributed by atoms with Gasteiger partial charge in [-0.2, -0.15) is 0 Å². The maximum atomic E-state index is 8.89. The van der Waals surface area contributed by atoms with Crippen LogP contribution in [0.15, 0.2) is 54.9 Å². The fraction of sp³-hybridized carbons (Fsp3) is 0.125. The van der Waals surface area contributed by atoms with E-state index in [4.69, 9.17) is 9.84 Å². The average Bonchev–Trinajstić information content (AvgIpc) is 2.50. The molecule has 100 valence electrons. The second-order valence-corrected chi connectivity index (χ2v) is 4.42. The zero-order valence-electron chi connectivity index (χ0n) is 10.9. The predicted octanol–water partition coefficient (Wildman–Crippen LogP) is 2.96. The molecule has 0 spiro atoms. The van der Waals surface area contributed by atoms with Crippen LogP contribution in [0.2, 0.25) is 0 Å². The highest BCUT2D eigenvalue weighted by molar-refractivity contribution is 5.83. The maximum Gasteiger partial charge on any atom is 0.230 e. The summed E-state index contributed by atoms with van der Waals surface area (Å²) in [6.07, 6.45) is 2.15. The van der Waals surface area contributed by atoms with E-state index in [0.29, 0.717) is 12.3 Å². The number of nitrogens with zero attached hydrogens (tertiary/aromatic N) is 2. The van der Waals surface area contributed by atoms with Crippen LogP contribution in [-0.2, 0) is 6.42 Å². The van der Waals surface area contributed by atoms with Gasteiger partial charge in [0.05, 0.1) is 10.9 Å². The van der Waals surface area contributed by atoms with Crippen molar-refractivity contribution in [2.24, 2.45) is 0 Å². The van der Waals surface area contributed by atoms with E-state index < -0.39 is 0 Å². The third-order valence-corrected chi connectivity index (χ3v) is 3.04. The molecule has 0 aliphatic heterocycles. The Morgan fingerprint density at radius 1 is 0.950 bits per heavy atom. The molecule has 0 aliphatic rings. The summed E-state index contributed by atoms with van der Waals surface area (Å²) < 4.78 is 5.81. The topological polar surface area (TPSA) is 55.2 Å². The van der Waals surface area contributed by atoms with Crippen LogP contribution in [0, 0.1) is 0 Å². The molecular formula is C16H14N2O2. The summed E-state index contributed by atoms with van der Waals surface area (Å²) in [5.74, 6) is 1.26. The number of fused-ring (bicyclic) bond motifs is 1. The largest absolute Gasteiger partial charge is 0.438 e. The van der Waals surface area contributed by atoms with E-state index in [2.05, 4.69) is 9.97 Å². The van der Waals surface area contributed by atoms with E-state index in [9.17, 15) is 0 Å². The second-order valence-electron chi connectivity index (χ2n) is 4.42. The summed E-state index contributed by atoms with van der Waals surface area (Å²) in [7, 11) is 0. The summed E-state index contributed by atoms with van der Waals surface area (Å²) >= 11 is 0. The van der Waals surface area contributed by atoms with Crippen LogP contribution in [0.25, 0.3) is 10.9 Å². The molecule has 0 bridgehead atoms. The Morgan fingerprint density at radius 3 is 2.55 bits per heavy atom. The molecule has 1 heterocycles. The molecule has 1 N–H and O–H groups in total. The van der Waals surface area contributed by atoms with Gasteiger partial charge in [-0.15, -0.1) is 0 Å². The number of hydrogen-bond donors (Lipinski definition) is 1. The lowest BCUT2D eigenvalue weighted by Crippen LogP contribution is -1.93. The van der Waals surface area contributed by atoms with Crippen LogP contribution in [0.3, 0.4) is 0 Å². The Kier molecular flexibility index (Phi) is 3.56. The van der Waals surface area contributed by atoms with E-state index in [1.165, 1.54) is 6.33 Å². The van der Waals surface area contributed by atoms with Gasteiger partial charge in [-0.25, -0.2) is 9.97 Å². The van der Waals surface area contributed by atoms with Crippen molar-refractivity contribution in [2.75, 3.05) is 6.61 Å². The molecule has 0 amide bonds. The number of ether oxygens (including phenoxy) is 1. The lowest BCUT2D eigenvalue weighted by Gasteiger charge is -2.07. The SMILES string of the molecule is OCCc1ccc(Oc2ncnc3ccccc23)cc1. The fourth-order valence-corrected chi connectivity index (χ4v) is 2.03. The van der Waals surface area contributed by atoms with Crippen LogP contribution >= 0.6 is 0 Å². The Morgan fingerprint density at radius 2 is 1.75 bits per heavy atom. The van der Waals surface area contributed by atoms with Crippen LogP contribution in [0.5, 0.6) is 11.6 Å². The first kappa shape index (κ1) is 12.6. The van der Waals surface area contributed by atoms with E-state index >= 15 is 0 Å². The molecule has 0 atom stereocenters. The number of para-hydroxylation sites is 1. The number of aromatic nitrogens is 2. The molecule has 4 nitrogen and oxygen atoms in total. The first-order valence-corrected chi connectivity index (χ1v) is 6.44. The monoisotopic (exact) mass is 266 g/mol.